The van der Waals surface area contributed by atoms with Crippen LogP contribution < -0.4 is 0 Å². The zero-order valence-electron chi connectivity index (χ0n) is 11.0. The Hall–Kier alpha value is -1.12. The second kappa shape index (κ2) is 5.89. The van der Waals surface area contributed by atoms with Crippen molar-refractivity contribution in [1.82, 2.24) is 4.90 Å². The number of rotatable bonds is 4. The summed E-state index contributed by atoms with van der Waals surface area (Å²) in [5.41, 5.74) is 4.43. The molecule has 2 aromatic carbocycles. The maximum absolute atomic E-state index is 3.53. The highest BCUT2D eigenvalue weighted by atomic mass is 79.9. The molecule has 0 spiro atoms. The van der Waals surface area contributed by atoms with Gasteiger partial charge >= 0.3 is 0 Å². The van der Waals surface area contributed by atoms with Crippen molar-refractivity contribution in [2.45, 2.75) is 25.9 Å². The Morgan fingerprint density at radius 3 is 2.37 bits per heavy atom. The summed E-state index contributed by atoms with van der Waals surface area (Å²) in [5.74, 6) is 0. The summed E-state index contributed by atoms with van der Waals surface area (Å²) in [5, 5.41) is 0. The summed E-state index contributed by atoms with van der Waals surface area (Å²) >= 11 is 3.53. The highest BCUT2D eigenvalue weighted by Gasteiger charge is 2.17. The Morgan fingerprint density at radius 1 is 0.947 bits per heavy atom. The van der Waals surface area contributed by atoms with Crippen molar-refractivity contribution in [3.63, 3.8) is 0 Å². The third-order valence-corrected chi connectivity index (χ3v) is 4.23. The van der Waals surface area contributed by atoms with Gasteiger partial charge in [0.1, 0.15) is 0 Å². The third kappa shape index (κ3) is 3.26. The molecule has 0 N–H and O–H groups in total. The first-order valence-corrected chi connectivity index (χ1v) is 7.64. The van der Waals surface area contributed by atoms with Crippen LogP contribution >= 0.6 is 15.9 Å². The van der Waals surface area contributed by atoms with Crippen LogP contribution in [0.5, 0.6) is 0 Å². The highest BCUT2D eigenvalue weighted by Crippen LogP contribution is 2.22. The predicted molar refractivity (Wildman–Crippen MR) is 83.0 cm³/mol. The van der Waals surface area contributed by atoms with Gasteiger partial charge in [-0.2, -0.15) is 0 Å². The normalized spacial score (nSPS) is 14.6. The van der Waals surface area contributed by atoms with E-state index in [4.69, 9.17) is 0 Å². The van der Waals surface area contributed by atoms with Crippen molar-refractivity contribution >= 4 is 15.9 Å². The van der Waals surface area contributed by atoms with E-state index in [0.717, 1.165) is 19.5 Å². The van der Waals surface area contributed by atoms with Gasteiger partial charge in [0.25, 0.3) is 0 Å². The molecule has 3 rings (SSSR count). The molecule has 19 heavy (non-hydrogen) atoms. The fourth-order valence-corrected chi connectivity index (χ4v) is 3.21. The van der Waals surface area contributed by atoms with Gasteiger partial charge < -0.3 is 0 Å². The number of benzene rings is 2. The Morgan fingerprint density at radius 2 is 1.68 bits per heavy atom. The van der Waals surface area contributed by atoms with Crippen molar-refractivity contribution in [2.24, 2.45) is 0 Å². The molecule has 98 valence electrons. The molecule has 2 heteroatoms. The molecule has 1 heterocycles. The van der Waals surface area contributed by atoms with E-state index in [2.05, 4.69) is 69.4 Å². The third-order valence-electron chi connectivity index (χ3n) is 3.74. The first kappa shape index (κ1) is 12.9. The summed E-state index contributed by atoms with van der Waals surface area (Å²) in [6.07, 6.45) is 2.39. The van der Waals surface area contributed by atoms with Crippen LogP contribution in [0.3, 0.4) is 0 Å². The van der Waals surface area contributed by atoms with Crippen molar-refractivity contribution < 1.29 is 0 Å². The Bertz CT molecular complexity index is 540. The average molecular weight is 316 g/mol. The van der Waals surface area contributed by atoms with E-state index in [1.54, 1.807) is 0 Å². The van der Waals surface area contributed by atoms with Crippen LogP contribution in [0.4, 0.5) is 0 Å². The second-order valence-corrected chi connectivity index (χ2v) is 6.13. The van der Waals surface area contributed by atoms with E-state index < -0.39 is 0 Å². The topological polar surface area (TPSA) is 3.24 Å². The standard InChI is InChI=1S/C17H18BrN/c18-17-9-3-5-14(11-17)6-4-10-19-12-15-7-1-2-8-16(15)13-19/h1-3,5,7-9,11H,4,6,10,12-13H2. The summed E-state index contributed by atoms with van der Waals surface area (Å²) in [4.78, 5) is 2.54. The molecule has 1 nitrogen and oxygen atoms in total. The first-order valence-electron chi connectivity index (χ1n) is 6.85. The van der Waals surface area contributed by atoms with E-state index in [1.807, 2.05) is 0 Å². The van der Waals surface area contributed by atoms with Gasteiger partial charge in [0.05, 0.1) is 0 Å². The van der Waals surface area contributed by atoms with Crippen molar-refractivity contribution in [2.75, 3.05) is 6.54 Å². The predicted octanol–water partition coefficient (Wildman–Crippen LogP) is 4.40. The molecular weight excluding hydrogens is 298 g/mol. The van der Waals surface area contributed by atoms with Crippen LogP contribution in [-0.2, 0) is 19.5 Å². The summed E-state index contributed by atoms with van der Waals surface area (Å²) in [6, 6.07) is 17.4. The van der Waals surface area contributed by atoms with Crippen molar-refractivity contribution in [3.05, 3.63) is 69.7 Å². The van der Waals surface area contributed by atoms with E-state index >= 15 is 0 Å². The fourth-order valence-electron chi connectivity index (χ4n) is 2.76. The molecule has 0 unspecified atom stereocenters. The van der Waals surface area contributed by atoms with Gasteiger partial charge in [0.15, 0.2) is 0 Å². The molecule has 2 aromatic rings. The number of hydrogen-bond donors (Lipinski definition) is 0. The fraction of sp³-hybridized carbons (Fsp3) is 0.294. The van der Waals surface area contributed by atoms with Gasteiger partial charge in [-0.1, -0.05) is 52.3 Å². The minimum absolute atomic E-state index is 1.12. The maximum Gasteiger partial charge on any atom is 0.0240 e. The number of fused-ring (bicyclic) bond motifs is 1. The molecular formula is C17H18BrN. The second-order valence-electron chi connectivity index (χ2n) is 5.21. The lowest BCUT2D eigenvalue weighted by Gasteiger charge is -2.14. The number of nitrogens with zero attached hydrogens (tertiary/aromatic N) is 1. The minimum atomic E-state index is 1.12. The van der Waals surface area contributed by atoms with Crippen LogP contribution in [0.1, 0.15) is 23.1 Å². The van der Waals surface area contributed by atoms with Crippen LogP contribution in [0.25, 0.3) is 0 Å². The molecule has 0 aliphatic carbocycles. The maximum atomic E-state index is 3.53. The first-order chi connectivity index (χ1) is 9.31. The van der Waals surface area contributed by atoms with Gasteiger partial charge in [0.2, 0.25) is 0 Å². The molecule has 0 saturated heterocycles. The van der Waals surface area contributed by atoms with Gasteiger partial charge in [0, 0.05) is 17.6 Å². The summed E-state index contributed by atoms with van der Waals surface area (Å²) in [6.45, 7) is 3.42. The SMILES string of the molecule is Brc1cccc(CCCN2Cc3ccccc3C2)c1. The van der Waals surface area contributed by atoms with Gasteiger partial charge in [-0.25, -0.2) is 0 Å². The van der Waals surface area contributed by atoms with E-state index in [0.29, 0.717) is 0 Å². The number of hydrogen-bond acceptors (Lipinski definition) is 1. The van der Waals surface area contributed by atoms with Crippen LogP contribution in [0.15, 0.2) is 53.0 Å². The van der Waals surface area contributed by atoms with E-state index in [1.165, 1.54) is 34.1 Å². The van der Waals surface area contributed by atoms with Crippen LogP contribution in [0.2, 0.25) is 0 Å². The smallest absolute Gasteiger partial charge is 0.0240 e. The summed E-state index contributed by atoms with van der Waals surface area (Å²) < 4.78 is 1.18. The lowest BCUT2D eigenvalue weighted by molar-refractivity contribution is 0.280. The largest absolute Gasteiger partial charge is 0.295 e. The van der Waals surface area contributed by atoms with Gasteiger partial charge in [-0.15, -0.1) is 0 Å². The van der Waals surface area contributed by atoms with E-state index in [9.17, 15) is 0 Å². The quantitative estimate of drug-likeness (QED) is 0.808. The molecule has 1 aliphatic rings. The van der Waals surface area contributed by atoms with Crippen LogP contribution in [0, 0.1) is 0 Å². The lowest BCUT2D eigenvalue weighted by atomic mass is 10.1. The zero-order chi connectivity index (χ0) is 13.1. The molecule has 0 bridgehead atoms. The van der Waals surface area contributed by atoms with Crippen molar-refractivity contribution in [3.8, 4) is 0 Å². The Kier molecular flexibility index (Phi) is 4.00. The number of aryl methyl sites for hydroxylation is 1. The average Bonchev–Trinajstić information content (AvgIpc) is 2.81. The molecule has 0 aromatic heterocycles. The van der Waals surface area contributed by atoms with Crippen LogP contribution in [-0.4, -0.2) is 11.4 Å². The minimum Gasteiger partial charge on any atom is -0.295 e. The zero-order valence-corrected chi connectivity index (χ0v) is 12.6. The Labute approximate surface area is 123 Å². The van der Waals surface area contributed by atoms with Gasteiger partial charge in [-0.05, 0) is 48.2 Å². The lowest BCUT2D eigenvalue weighted by Crippen LogP contribution is -2.18. The van der Waals surface area contributed by atoms with Crippen molar-refractivity contribution in [1.29, 1.82) is 0 Å². The van der Waals surface area contributed by atoms with E-state index in [-0.39, 0.29) is 0 Å². The molecule has 0 atom stereocenters. The molecule has 0 fully saturated rings. The number of halogens is 1. The highest BCUT2D eigenvalue weighted by molar-refractivity contribution is 9.10. The molecule has 0 amide bonds. The molecule has 0 saturated carbocycles. The summed E-state index contributed by atoms with van der Waals surface area (Å²) in [7, 11) is 0. The Balaban J connectivity index is 1.50. The monoisotopic (exact) mass is 315 g/mol. The molecule has 1 aliphatic heterocycles. The molecule has 0 radical (unpaired) electrons. The van der Waals surface area contributed by atoms with Gasteiger partial charge in [-0.3, -0.25) is 4.90 Å².